The summed E-state index contributed by atoms with van der Waals surface area (Å²) in [6.07, 6.45) is 7.26. The third kappa shape index (κ3) is 12.4. The summed E-state index contributed by atoms with van der Waals surface area (Å²) >= 11 is 7.63. The summed E-state index contributed by atoms with van der Waals surface area (Å²) in [5, 5.41) is 17.4. The third-order valence-corrected chi connectivity index (χ3v) is 7.03. The second-order valence-electron chi connectivity index (χ2n) is 8.90. The van der Waals surface area contributed by atoms with Crippen LogP contribution in [0.4, 0.5) is 14.5 Å². The first kappa shape index (κ1) is 33.1. The van der Waals surface area contributed by atoms with Crippen LogP contribution < -0.4 is 4.74 Å². The number of carboxylic acids is 2. The summed E-state index contributed by atoms with van der Waals surface area (Å²) in [6, 6.07) is 11.7. The van der Waals surface area contributed by atoms with Crippen LogP contribution in [0.1, 0.15) is 25.7 Å². The maximum absolute atomic E-state index is 13.2. The van der Waals surface area contributed by atoms with Gasteiger partial charge in [0.15, 0.2) is 16.8 Å². The molecule has 0 saturated carbocycles. The van der Waals surface area contributed by atoms with Gasteiger partial charge in [-0.25, -0.2) is 23.4 Å². The lowest BCUT2D eigenvalue weighted by molar-refractivity contribution is -0.134. The number of aliphatic imine (C=N–C) groups is 1. The van der Waals surface area contributed by atoms with Gasteiger partial charge < -0.3 is 24.7 Å². The predicted molar refractivity (Wildman–Crippen MR) is 155 cm³/mol. The van der Waals surface area contributed by atoms with E-state index in [1.807, 2.05) is 24.3 Å². The molecule has 40 heavy (non-hydrogen) atoms. The molecule has 12 heteroatoms. The van der Waals surface area contributed by atoms with Crippen LogP contribution in [-0.2, 0) is 9.59 Å². The number of halogens is 3. The van der Waals surface area contributed by atoms with Gasteiger partial charge in [0.05, 0.1) is 12.3 Å². The first-order valence-electron chi connectivity index (χ1n) is 12.6. The molecule has 1 fully saturated rings. The van der Waals surface area contributed by atoms with Crippen LogP contribution in [0.15, 0.2) is 59.6 Å². The number of carbonyl (C=O) groups is 2. The number of benzene rings is 2. The number of thioether (sulfide) groups is 1. The Morgan fingerprint density at radius 2 is 1.70 bits per heavy atom. The number of likely N-dealkylation sites (tertiary alicyclic amines) is 1. The molecule has 0 radical (unpaired) electrons. The fraction of sp³-hybridized carbons (Fsp3) is 0.393. The van der Waals surface area contributed by atoms with Gasteiger partial charge in [0.25, 0.3) is 0 Å². The van der Waals surface area contributed by atoms with Crippen molar-refractivity contribution in [3.8, 4) is 5.75 Å². The number of ether oxygens (including phenoxy) is 1. The number of aliphatic carboxylic acids is 2. The molecule has 1 saturated heterocycles. The SMILES string of the molecule is CS/C(=N\c1ccc(Cl)cc1)N(C)C1CCN(CCCCOc2ccc(F)c(F)c2)CC1.O=C(O)/C=C/C(=O)O. The lowest BCUT2D eigenvalue weighted by Crippen LogP contribution is -2.45. The van der Waals surface area contributed by atoms with E-state index >= 15 is 0 Å². The fourth-order valence-electron chi connectivity index (χ4n) is 3.92. The van der Waals surface area contributed by atoms with Crippen LogP contribution in [0.2, 0.25) is 5.02 Å². The first-order valence-corrected chi connectivity index (χ1v) is 14.2. The van der Waals surface area contributed by atoms with E-state index in [4.69, 9.17) is 31.5 Å². The molecule has 0 unspecified atom stereocenters. The van der Waals surface area contributed by atoms with Crippen LogP contribution >= 0.6 is 23.4 Å². The highest BCUT2D eigenvalue weighted by molar-refractivity contribution is 8.13. The Kier molecular flexibility index (Phi) is 14.5. The Morgan fingerprint density at radius 3 is 2.25 bits per heavy atom. The van der Waals surface area contributed by atoms with Crippen LogP contribution in [0.5, 0.6) is 5.75 Å². The zero-order chi connectivity index (χ0) is 29.5. The molecule has 2 N–H and O–H groups in total. The summed E-state index contributed by atoms with van der Waals surface area (Å²) in [4.78, 5) is 28.7. The largest absolute Gasteiger partial charge is 0.493 e. The molecule has 0 aliphatic carbocycles. The molecule has 0 aromatic heterocycles. The second kappa shape index (κ2) is 17.5. The Balaban J connectivity index is 0.000000611. The summed E-state index contributed by atoms with van der Waals surface area (Å²) in [6.45, 7) is 3.64. The molecule has 1 heterocycles. The van der Waals surface area contributed by atoms with Crippen molar-refractivity contribution < 1.29 is 33.3 Å². The molecule has 3 rings (SSSR count). The van der Waals surface area contributed by atoms with Gasteiger partial charge in [-0.15, -0.1) is 0 Å². The molecule has 1 aliphatic heterocycles. The van der Waals surface area contributed by atoms with E-state index < -0.39 is 23.6 Å². The van der Waals surface area contributed by atoms with E-state index in [0.717, 1.165) is 68.3 Å². The van der Waals surface area contributed by atoms with Crippen LogP contribution in [0.3, 0.4) is 0 Å². The van der Waals surface area contributed by atoms with Crippen molar-refractivity contribution in [2.45, 2.75) is 31.7 Å². The molecule has 0 atom stereocenters. The first-order chi connectivity index (χ1) is 19.1. The smallest absolute Gasteiger partial charge is 0.328 e. The molecule has 0 spiro atoms. The van der Waals surface area contributed by atoms with Crippen LogP contribution in [-0.4, -0.2) is 82.7 Å². The van der Waals surface area contributed by atoms with E-state index in [1.54, 1.807) is 11.8 Å². The lowest BCUT2D eigenvalue weighted by atomic mass is 10.0. The van der Waals surface area contributed by atoms with E-state index in [9.17, 15) is 18.4 Å². The highest BCUT2D eigenvalue weighted by Crippen LogP contribution is 2.23. The maximum atomic E-state index is 13.2. The average molecular weight is 598 g/mol. The summed E-state index contributed by atoms with van der Waals surface area (Å²) in [5.41, 5.74) is 0.911. The predicted octanol–water partition coefficient (Wildman–Crippen LogP) is 5.94. The van der Waals surface area contributed by atoms with E-state index in [0.29, 0.717) is 35.6 Å². The maximum Gasteiger partial charge on any atom is 0.328 e. The number of piperidine rings is 1. The number of unbranched alkanes of at least 4 members (excludes halogenated alkanes) is 1. The molecule has 1 aliphatic rings. The molecule has 2 aromatic carbocycles. The van der Waals surface area contributed by atoms with Crippen molar-refractivity contribution in [3.63, 3.8) is 0 Å². The lowest BCUT2D eigenvalue weighted by Gasteiger charge is -2.37. The zero-order valence-electron chi connectivity index (χ0n) is 22.4. The summed E-state index contributed by atoms with van der Waals surface area (Å²) in [5.74, 6) is -3.87. The minimum absolute atomic E-state index is 0.373. The number of carboxylic acid groups (broad SMARTS) is 2. The van der Waals surface area contributed by atoms with E-state index in [-0.39, 0.29) is 0 Å². The van der Waals surface area contributed by atoms with Crippen LogP contribution in [0.25, 0.3) is 0 Å². The Labute approximate surface area is 242 Å². The van der Waals surface area contributed by atoms with Gasteiger partial charge in [0.1, 0.15) is 5.75 Å². The van der Waals surface area contributed by atoms with Gasteiger partial charge in [-0.2, -0.15) is 0 Å². The number of amidine groups is 1. The topological polar surface area (TPSA) is 103 Å². The highest BCUT2D eigenvalue weighted by Gasteiger charge is 2.24. The van der Waals surface area contributed by atoms with E-state index in [1.165, 1.54) is 6.07 Å². The Hall–Kier alpha value is -3.15. The monoisotopic (exact) mass is 597 g/mol. The Morgan fingerprint density at radius 1 is 1.07 bits per heavy atom. The molecule has 2 aromatic rings. The molecule has 0 bridgehead atoms. The van der Waals surface area contributed by atoms with Gasteiger partial charge in [0, 0.05) is 49.4 Å². The highest BCUT2D eigenvalue weighted by atomic mass is 35.5. The normalized spacial score (nSPS) is 14.5. The van der Waals surface area contributed by atoms with E-state index in [2.05, 4.69) is 23.1 Å². The number of rotatable bonds is 10. The second-order valence-corrected chi connectivity index (χ2v) is 10.1. The zero-order valence-corrected chi connectivity index (χ0v) is 24.0. The van der Waals surface area contributed by atoms with Crippen molar-refractivity contribution in [2.75, 3.05) is 39.5 Å². The van der Waals surface area contributed by atoms with Gasteiger partial charge in [-0.05, 0) is 74.9 Å². The Bertz CT molecular complexity index is 1140. The van der Waals surface area contributed by atoms with Gasteiger partial charge in [-0.3, -0.25) is 0 Å². The molecule has 218 valence electrons. The molecule has 8 nitrogen and oxygen atoms in total. The van der Waals surface area contributed by atoms with Crippen molar-refractivity contribution in [3.05, 3.63) is 71.3 Å². The average Bonchev–Trinajstić information content (AvgIpc) is 2.93. The van der Waals surface area contributed by atoms with Crippen molar-refractivity contribution >= 4 is 46.2 Å². The summed E-state index contributed by atoms with van der Waals surface area (Å²) < 4.78 is 31.7. The van der Waals surface area contributed by atoms with Crippen molar-refractivity contribution in [2.24, 2.45) is 4.99 Å². The number of hydrogen-bond donors (Lipinski definition) is 2. The van der Waals surface area contributed by atoms with Crippen molar-refractivity contribution in [1.82, 2.24) is 9.80 Å². The third-order valence-electron chi connectivity index (χ3n) is 6.04. The standard InChI is InChI=1S/C24H30ClF2N3OS.C4H4O4/c1-29(24(32-2)28-19-7-5-18(25)6-8-19)20-11-14-30(15-12-20)13-3-4-16-31-21-9-10-22(26)23(27)17-21;5-3(6)1-2-4(7)8/h5-10,17,20H,3-4,11-16H2,1-2H3;1-2H,(H,5,6)(H,7,8)/b28-24-;2-1+. The summed E-state index contributed by atoms with van der Waals surface area (Å²) in [7, 11) is 2.13. The minimum atomic E-state index is -1.26. The van der Waals surface area contributed by atoms with Gasteiger partial charge in [-0.1, -0.05) is 23.4 Å². The van der Waals surface area contributed by atoms with Gasteiger partial charge in [0.2, 0.25) is 0 Å². The molecule has 0 amide bonds. The molecular formula is C28H34ClF2N3O5S. The number of nitrogens with zero attached hydrogens (tertiary/aromatic N) is 3. The van der Waals surface area contributed by atoms with Gasteiger partial charge >= 0.3 is 11.9 Å². The van der Waals surface area contributed by atoms with Crippen LogP contribution in [0, 0.1) is 11.6 Å². The number of hydrogen-bond acceptors (Lipinski definition) is 6. The molecular weight excluding hydrogens is 564 g/mol. The quantitative estimate of drug-likeness (QED) is 0.150. The fourth-order valence-corrected chi connectivity index (χ4v) is 4.68. The van der Waals surface area contributed by atoms with Crippen molar-refractivity contribution in [1.29, 1.82) is 0 Å². The minimum Gasteiger partial charge on any atom is -0.493 e.